The molecule has 0 rings (SSSR count). The van der Waals surface area contributed by atoms with Crippen LogP contribution in [0.1, 0.15) is 46.5 Å². The SMILES string of the molecule is C=CCNCC(C)(C)CCCCC. The van der Waals surface area contributed by atoms with E-state index in [1.807, 2.05) is 6.08 Å². The molecule has 0 heterocycles. The van der Waals surface area contributed by atoms with Crippen molar-refractivity contribution in [2.75, 3.05) is 13.1 Å². The van der Waals surface area contributed by atoms with Gasteiger partial charge in [0.1, 0.15) is 0 Å². The van der Waals surface area contributed by atoms with Gasteiger partial charge in [-0.2, -0.15) is 0 Å². The predicted molar refractivity (Wildman–Crippen MR) is 61.0 cm³/mol. The summed E-state index contributed by atoms with van der Waals surface area (Å²) in [5.41, 5.74) is 0.443. The Labute approximate surface area is 83.6 Å². The maximum absolute atomic E-state index is 3.69. The molecule has 0 aliphatic heterocycles. The molecule has 0 fully saturated rings. The average molecular weight is 183 g/mol. The van der Waals surface area contributed by atoms with Crippen LogP contribution in [-0.4, -0.2) is 13.1 Å². The highest BCUT2D eigenvalue weighted by molar-refractivity contribution is 4.75. The monoisotopic (exact) mass is 183 g/mol. The number of nitrogens with one attached hydrogen (secondary N) is 1. The van der Waals surface area contributed by atoms with Gasteiger partial charge in [-0.25, -0.2) is 0 Å². The lowest BCUT2D eigenvalue weighted by Crippen LogP contribution is -2.29. The zero-order chi connectivity index (χ0) is 10.2. The molecular weight excluding hydrogens is 158 g/mol. The van der Waals surface area contributed by atoms with Gasteiger partial charge >= 0.3 is 0 Å². The number of unbranched alkanes of at least 4 members (excludes halogenated alkanes) is 2. The van der Waals surface area contributed by atoms with Crippen LogP contribution in [0.5, 0.6) is 0 Å². The second-order valence-corrected chi connectivity index (χ2v) is 4.54. The molecule has 0 bridgehead atoms. The van der Waals surface area contributed by atoms with E-state index < -0.39 is 0 Å². The summed E-state index contributed by atoms with van der Waals surface area (Å²) in [6.45, 7) is 12.6. The van der Waals surface area contributed by atoms with E-state index in [1.54, 1.807) is 0 Å². The van der Waals surface area contributed by atoms with Crippen LogP contribution in [0.2, 0.25) is 0 Å². The summed E-state index contributed by atoms with van der Waals surface area (Å²) in [4.78, 5) is 0. The van der Waals surface area contributed by atoms with Crippen LogP contribution >= 0.6 is 0 Å². The first-order valence-corrected chi connectivity index (χ1v) is 5.44. The first-order chi connectivity index (χ1) is 6.12. The zero-order valence-electron chi connectivity index (χ0n) is 9.53. The van der Waals surface area contributed by atoms with E-state index >= 15 is 0 Å². The molecule has 1 N–H and O–H groups in total. The Kier molecular flexibility index (Phi) is 6.97. The second kappa shape index (κ2) is 7.14. The Morgan fingerprint density at radius 3 is 2.54 bits per heavy atom. The molecule has 1 heteroatoms. The third kappa shape index (κ3) is 8.04. The van der Waals surface area contributed by atoms with Crippen LogP contribution in [0, 0.1) is 5.41 Å². The van der Waals surface area contributed by atoms with Gasteiger partial charge in [-0.05, 0) is 11.8 Å². The fourth-order valence-electron chi connectivity index (χ4n) is 1.45. The first-order valence-electron chi connectivity index (χ1n) is 5.44. The summed E-state index contributed by atoms with van der Waals surface area (Å²) >= 11 is 0. The molecule has 0 aromatic heterocycles. The van der Waals surface area contributed by atoms with Crippen molar-refractivity contribution < 1.29 is 0 Å². The number of rotatable bonds is 8. The molecule has 0 amide bonds. The van der Waals surface area contributed by atoms with Gasteiger partial charge < -0.3 is 5.32 Å². The van der Waals surface area contributed by atoms with E-state index in [-0.39, 0.29) is 0 Å². The van der Waals surface area contributed by atoms with E-state index in [4.69, 9.17) is 0 Å². The van der Waals surface area contributed by atoms with Crippen molar-refractivity contribution in [3.8, 4) is 0 Å². The van der Waals surface area contributed by atoms with Crippen LogP contribution in [0.25, 0.3) is 0 Å². The normalized spacial score (nSPS) is 11.6. The zero-order valence-corrected chi connectivity index (χ0v) is 9.53. The molecule has 0 radical (unpaired) electrons. The van der Waals surface area contributed by atoms with Gasteiger partial charge in [0.05, 0.1) is 0 Å². The third-order valence-corrected chi connectivity index (χ3v) is 2.35. The minimum Gasteiger partial charge on any atom is -0.313 e. The maximum atomic E-state index is 3.69. The molecule has 0 aliphatic carbocycles. The van der Waals surface area contributed by atoms with E-state index in [0.717, 1.165) is 13.1 Å². The highest BCUT2D eigenvalue weighted by Gasteiger charge is 2.15. The smallest absolute Gasteiger partial charge is 0.0132 e. The maximum Gasteiger partial charge on any atom is 0.0132 e. The van der Waals surface area contributed by atoms with Crippen LogP contribution in [0.3, 0.4) is 0 Å². The quantitative estimate of drug-likeness (QED) is 0.449. The first kappa shape index (κ1) is 12.7. The minimum atomic E-state index is 0.443. The van der Waals surface area contributed by atoms with E-state index in [9.17, 15) is 0 Å². The molecule has 0 spiro atoms. The second-order valence-electron chi connectivity index (χ2n) is 4.54. The van der Waals surface area contributed by atoms with Crippen LogP contribution in [0.15, 0.2) is 12.7 Å². The van der Waals surface area contributed by atoms with Crippen LogP contribution in [-0.2, 0) is 0 Å². The lowest BCUT2D eigenvalue weighted by atomic mass is 9.87. The molecule has 0 aliphatic rings. The topological polar surface area (TPSA) is 12.0 Å². The Bertz CT molecular complexity index is 127. The summed E-state index contributed by atoms with van der Waals surface area (Å²) in [5.74, 6) is 0. The van der Waals surface area contributed by atoms with Crippen LogP contribution in [0.4, 0.5) is 0 Å². The lowest BCUT2D eigenvalue weighted by Gasteiger charge is -2.24. The van der Waals surface area contributed by atoms with Gasteiger partial charge in [-0.15, -0.1) is 6.58 Å². The molecule has 0 saturated heterocycles. The molecule has 0 unspecified atom stereocenters. The molecule has 78 valence electrons. The molecular formula is C12H25N. The van der Waals surface area contributed by atoms with E-state index in [1.165, 1.54) is 25.7 Å². The molecule has 0 atom stereocenters. The Morgan fingerprint density at radius 1 is 1.31 bits per heavy atom. The highest BCUT2D eigenvalue weighted by atomic mass is 14.9. The van der Waals surface area contributed by atoms with Crippen molar-refractivity contribution in [2.45, 2.75) is 46.5 Å². The Balaban J connectivity index is 3.47. The molecule has 0 aromatic rings. The Hall–Kier alpha value is -0.300. The molecule has 1 nitrogen and oxygen atoms in total. The summed E-state index contributed by atoms with van der Waals surface area (Å²) < 4.78 is 0. The van der Waals surface area contributed by atoms with Gasteiger partial charge in [-0.3, -0.25) is 0 Å². The van der Waals surface area contributed by atoms with Crippen molar-refractivity contribution in [3.05, 3.63) is 12.7 Å². The van der Waals surface area contributed by atoms with Crippen molar-refractivity contribution in [3.63, 3.8) is 0 Å². The molecule has 0 saturated carbocycles. The fourth-order valence-corrected chi connectivity index (χ4v) is 1.45. The number of hydrogen-bond acceptors (Lipinski definition) is 1. The van der Waals surface area contributed by atoms with Crippen molar-refractivity contribution in [1.82, 2.24) is 5.32 Å². The van der Waals surface area contributed by atoms with Gasteiger partial charge in [0, 0.05) is 13.1 Å². The highest BCUT2D eigenvalue weighted by Crippen LogP contribution is 2.22. The standard InChI is InChI=1S/C12H25N/c1-5-7-8-9-12(3,4)11-13-10-6-2/h6,13H,2,5,7-11H2,1,3-4H3. The van der Waals surface area contributed by atoms with Gasteiger partial charge in [0.25, 0.3) is 0 Å². The van der Waals surface area contributed by atoms with Crippen molar-refractivity contribution >= 4 is 0 Å². The predicted octanol–water partition coefficient (Wildman–Crippen LogP) is 3.37. The average Bonchev–Trinajstić information content (AvgIpc) is 2.05. The van der Waals surface area contributed by atoms with E-state index in [0.29, 0.717) is 5.41 Å². The van der Waals surface area contributed by atoms with Gasteiger partial charge in [0.2, 0.25) is 0 Å². The minimum absolute atomic E-state index is 0.443. The van der Waals surface area contributed by atoms with Crippen molar-refractivity contribution in [2.24, 2.45) is 5.41 Å². The Morgan fingerprint density at radius 2 is 2.00 bits per heavy atom. The van der Waals surface area contributed by atoms with Crippen molar-refractivity contribution in [1.29, 1.82) is 0 Å². The molecule has 0 aromatic carbocycles. The molecule has 13 heavy (non-hydrogen) atoms. The summed E-state index contributed by atoms with van der Waals surface area (Å²) in [6, 6.07) is 0. The van der Waals surface area contributed by atoms with Crippen LogP contribution < -0.4 is 5.32 Å². The van der Waals surface area contributed by atoms with Gasteiger partial charge in [-0.1, -0.05) is 46.1 Å². The van der Waals surface area contributed by atoms with Gasteiger partial charge in [0.15, 0.2) is 0 Å². The van der Waals surface area contributed by atoms with E-state index in [2.05, 4.69) is 32.7 Å². The number of hydrogen-bond donors (Lipinski definition) is 1. The summed E-state index contributed by atoms with van der Waals surface area (Å²) in [6.07, 6.45) is 7.29. The fraction of sp³-hybridized carbons (Fsp3) is 0.833. The third-order valence-electron chi connectivity index (χ3n) is 2.35. The summed E-state index contributed by atoms with van der Waals surface area (Å²) in [7, 11) is 0. The lowest BCUT2D eigenvalue weighted by molar-refractivity contribution is 0.307. The largest absolute Gasteiger partial charge is 0.313 e. The summed E-state index contributed by atoms with van der Waals surface area (Å²) in [5, 5.41) is 3.38.